The van der Waals surface area contributed by atoms with Crippen LogP contribution >= 0.6 is 0 Å². The molecule has 0 fully saturated rings. The largest absolute Gasteiger partial charge is 0.545 e. The maximum Gasteiger partial charge on any atom is 0.295 e. The van der Waals surface area contributed by atoms with E-state index in [9.17, 15) is 28.2 Å². The fourth-order valence-electron chi connectivity index (χ4n) is 6.43. The molecule has 9 nitrogen and oxygen atoms in total. The maximum absolute atomic E-state index is 10.9. The topological polar surface area (TPSA) is 135 Å². The van der Waals surface area contributed by atoms with Gasteiger partial charge >= 0.3 is 0 Å². The smallest absolute Gasteiger partial charge is 0.295 e. The molecule has 0 unspecified atom stereocenters. The molecule has 1 N–H and O–H groups in total. The summed E-state index contributed by atoms with van der Waals surface area (Å²) in [6.45, 7) is 30.0. The van der Waals surface area contributed by atoms with Crippen LogP contribution in [0.3, 0.4) is 0 Å². The van der Waals surface area contributed by atoms with Crippen LogP contribution in [0.5, 0.6) is 0 Å². The Balaban J connectivity index is 0. The van der Waals surface area contributed by atoms with Crippen molar-refractivity contribution in [1.29, 1.82) is 0 Å². The van der Waals surface area contributed by atoms with Crippen molar-refractivity contribution in [1.82, 2.24) is 0 Å². The first-order valence-corrected chi connectivity index (χ1v) is 21.4. The number of hydrogen-bond donors (Lipinski definition) is 1. The SMILES string of the molecule is CCCC[N+](CCCC)(CCCC)CCCC.CCCC[N+](CCCC)(CCCC)CCCC.O=C([O-])c1cccc(C(=O)[O-])c1S(=O)(=O)O. The third-order valence-electron chi connectivity index (χ3n) is 9.60. The highest BCUT2D eigenvalue weighted by Gasteiger charge is 2.26. The summed E-state index contributed by atoms with van der Waals surface area (Å²) in [5.41, 5.74) is -1.88. The molecule has 0 aromatic heterocycles. The van der Waals surface area contributed by atoms with Crippen molar-refractivity contribution < 1.29 is 41.7 Å². The standard InChI is InChI=1S/2C16H36N.C8H6O7S/c2*1-5-9-13-17(14-10-6-2,15-11-7-3)16-12-8-4;9-7(10)4-2-1-3-5(8(11)12)6(4)16(13,14)15/h2*5-16H2,1-4H3;1-3H,(H,9,10)(H,11,12)(H,13,14,15)/q2*+1;/p-2. The zero-order chi connectivity index (χ0) is 38.5. The highest BCUT2D eigenvalue weighted by molar-refractivity contribution is 7.86. The van der Waals surface area contributed by atoms with E-state index in [1.54, 1.807) is 0 Å². The quantitative estimate of drug-likeness (QED) is 0.0726. The summed E-state index contributed by atoms with van der Waals surface area (Å²) in [4.78, 5) is 19.8. The molecule has 0 heterocycles. The first-order chi connectivity index (χ1) is 23.7. The van der Waals surface area contributed by atoms with Crippen LogP contribution in [0.4, 0.5) is 0 Å². The summed E-state index contributed by atoms with van der Waals surface area (Å²) in [7, 11) is -5.00. The van der Waals surface area contributed by atoms with E-state index in [0.29, 0.717) is 0 Å². The predicted octanol–water partition coefficient (Wildman–Crippen LogP) is 7.67. The van der Waals surface area contributed by atoms with Gasteiger partial charge in [0.2, 0.25) is 0 Å². The molecular weight excluding hydrogens is 653 g/mol. The summed E-state index contributed by atoms with van der Waals surface area (Å²) >= 11 is 0. The van der Waals surface area contributed by atoms with Crippen LogP contribution in [0.25, 0.3) is 0 Å². The van der Waals surface area contributed by atoms with E-state index in [-0.39, 0.29) is 0 Å². The number of quaternary nitrogens is 2. The van der Waals surface area contributed by atoms with E-state index in [4.69, 9.17) is 4.55 Å². The van der Waals surface area contributed by atoms with E-state index in [1.165, 1.54) is 164 Å². The van der Waals surface area contributed by atoms with Crippen LogP contribution in [0, 0.1) is 0 Å². The Labute approximate surface area is 307 Å². The molecule has 294 valence electrons. The Hall–Kier alpha value is -2.01. The fraction of sp³-hybridized carbons (Fsp3) is 0.800. The monoisotopic (exact) mass is 729 g/mol. The maximum atomic E-state index is 10.9. The summed E-state index contributed by atoms with van der Waals surface area (Å²) < 4.78 is 33.3. The van der Waals surface area contributed by atoms with Crippen LogP contribution in [-0.2, 0) is 10.1 Å². The van der Waals surface area contributed by atoms with Crippen LogP contribution in [0.2, 0.25) is 0 Å². The van der Waals surface area contributed by atoms with Crippen molar-refractivity contribution >= 4 is 22.1 Å². The molecule has 0 radical (unpaired) electrons. The Morgan fingerprint density at radius 3 is 0.840 bits per heavy atom. The van der Waals surface area contributed by atoms with Gasteiger partial charge in [0.15, 0.2) is 0 Å². The molecule has 0 spiro atoms. The average Bonchev–Trinajstić information content (AvgIpc) is 3.10. The second-order valence-corrected chi connectivity index (χ2v) is 15.4. The number of unbranched alkanes of at least 4 members (excludes halogenated alkanes) is 8. The molecule has 0 aliphatic carbocycles. The molecule has 0 saturated carbocycles. The number of benzene rings is 1. The van der Waals surface area contributed by atoms with E-state index < -0.39 is 38.1 Å². The van der Waals surface area contributed by atoms with Crippen LogP contribution in [-0.4, -0.2) is 86.2 Å². The lowest BCUT2D eigenvalue weighted by molar-refractivity contribution is -0.929. The predicted molar refractivity (Wildman–Crippen MR) is 204 cm³/mol. The van der Waals surface area contributed by atoms with Gasteiger partial charge in [0, 0.05) is 11.1 Å². The number of carboxylic acid groups (broad SMARTS) is 2. The Kier molecular flexibility index (Phi) is 29.6. The molecule has 50 heavy (non-hydrogen) atoms. The molecule has 1 aromatic carbocycles. The van der Waals surface area contributed by atoms with Gasteiger partial charge in [-0.1, -0.05) is 125 Å². The van der Waals surface area contributed by atoms with Gasteiger partial charge in [-0.25, -0.2) is 0 Å². The lowest BCUT2D eigenvalue weighted by Crippen LogP contribution is -2.50. The molecule has 1 rings (SSSR count). The number of carboxylic acids is 2. The van der Waals surface area contributed by atoms with E-state index in [2.05, 4.69) is 55.4 Å². The molecular formula is C40H76N2O7S. The Morgan fingerprint density at radius 2 is 0.700 bits per heavy atom. The third-order valence-corrected chi connectivity index (χ3v) is 10.6. The van der Waals surface area contributed by atoms with Gasteiger partial charge in [-0.05, 0) is 51.4 Å². The average molecular weight is 729 g/mol. The highest BCUT2D eigenvalue weighted by Crippen LogP contribution is 2.20. The van der Waals surface area contributed by atoms with Gasteiger partial charge in [0.05, 0.1) is 64.3 Å². The van der Waals surface area contributed by atoms with Gasteiger partial charge in [-0.3, -0.25) is 4.55 Å². The summed E-state index contributed by atoms with van der Waals surface area (Å²) in [6, 6.07) is 2.58. The lowest BCUT2D eigenvalue weighted by atomic mass is 10.1. The molecule has 0 aliphatic heterocycles. The minimum Gasteiger partial charge on any atom is -0.545 e. The fourth-order valence-corrected chi connectivity index (χ4v) is 7.28. The normalized spacial score (nSPS) is 11.7. The summed E-state index contributed by atoms with van der Waals surface area (Å²) in [5.74, 6) is -3.84. The number of carbonyl (C=O) groups is 2. The first kappa shape index (κ1) is 50.1. The van der Waals surface area contributed by atoms with Gasteiger partial charge in [-0.2, -0.15) is 8.42 Å². The zero-order valence-corrected chi connectivity index (χ0v) is 34.2. The third kappa shape index (κ3) is 21.4. The van der Waals surface area contributed by atoms with E-state index in [0.717, 1.165) is 18.2 Å². The van der Waals surface area contributed by atoms with E-state index in [1.807, 2.05) is 0 Å². The number of carbonyl (C=O) groups excluding carboxylic acids is 2. The molecule has 0 atom stereocenters. The lowest BCUT2D eigenvalue weighted by Gasteiger charge is -2.39. The molecule has 1 aromatic rings. The first-order valence-electron chi connectivity index (χ1n) is 20.0. The van der Waals surface area contributed by atoms with Crippen LogP contribution in [0.15, 0.2) is 23.1 Å². The minimum atomic E-state index is -5.00. The number of aromatic carboxylic acids is 2. The van der Waals surface area contributed by atoms with E-state index >= 15 is 0 Å². The molecule has 0 saturated heterocycles. The number of rotatable bonds is 27. The summed E-state index contributed by atoms with van der Waals surface area (Å²) in [6.07, 6.45) is 22.1. The van der Waals surface area contributed by atoms with Crippen molar-refractivity contribution in [2.45, 2.75) is 163 Å². The van der Waals surface area contributed by atoms with Crippen molar-refractivity contribution in [2.24, 2.45) is 0 Å². The van der Waals surface area contributed by atoms with Crippen molar-refractivity contribution in [3.8, 4) is 0 Å². The number of hydrogen-bond acceptors (Lipinski definition) is 6. The molecule has 0 amide bonds. The second-order valence-electron chi connectivity index (χ2n) is 14.0. The zero-order valence-electron chi connectivity index (χ0n) is 33.4. The van der Waals surface area contributed by atoms with Gasteiger partial charge in [0.25, 0.3) is 10.1 Å². The Morgan fingerprint density at radius 1 is 0.500 bits per heavy atom. The Bertz CT molecular complexity index is 981. The molecule has 0 aliphatic rings. The minimum absolute atomic E-state index is 0.797. The van der Waals surface area contributed by atoms with Gasteiger partial charge in [-0.15, -0.1) is 0 Å². The van der Waals surface area contributed by atoms with Crippen LogP contribution in [0.1, 0.15) is 179 Å². The van der Waals surface area contributed by atoms with Crippen molar-refractivity contribution in [3.05, 3.63) is 29.3 Å². The summed E-state index contributed by atoms with van der Waals surface area (Å²) in [5, 5.41) is 21.1. The molecule has 10 heteroatoms. The highest BCUT2D eigenvalue weighted by atomic mass is 32.2. The molecule has 0 bridgehead atoms. The van der Waals surface area contributed by atoms with Crippen LogP contribution < -0.4 is 10.2 Å². The second kappa shape index (κ2) is 29.6. The van der Waals surface area contributed by atoms with Gasteiger partial charge in [0.1, 0.15) is 4.90 Å². The number of nitrogens with zero attached hydrogens (tertiary/aromatic N) is 2. The van der Waals surface area contributed by atoms with Gasteiger partial charge < -0.3 is 28.8 Å². The van der Waals surface area contributed by atoms with Crippen molar-refractivity contribution in [2.75, 3.05) is 52.4 Å². The van der Waals surface area contributed by atoms with Crippen molar-refractivity contribution in [3.63, 3.8) is 0 Å².